The third-order valence-corrected chi connectivity index (χ3v) is 6.22. The number of hydrogen-bond acceptors (Lipinski definition) is 1. The van der Waals surface area contributed by atoms with Crippen LogP contribution < -0.4 is 0 Å². The molecular formula is C14H20Cl2S. The molecule has 3 atom stereocenters. The van der Waals surface area contributed by atoms with Gasteiger partial charge in [-0.2, -0.15) is 0 Å². The van der Waals surface area contributed by atoms with Gasteiger partial charge in [0.25, 0.3) is 0 Å². The van der Waals surface area contributed by atoms with E-state index in [1.165, 1.54) is 17.7 Å². The lowest BCUT2D eigenvalue weighted by atomic mass is 9.68. The first kappa shape index (κ1) is 13.7. The van der Waals surface area contributed by atoms with Crippen molar-refractivity contribution in [3.05, 3.63) is 21.3 Å². The molecule has 1 aliphatic rings. The largest absolute Gasteiger partial charge is 0.128 e. The Morgan fingerprint density at radius 1 is 1.29 bits per heavy atom. The maximum Gasteiger partial charge on any atom is 0.0931 e. The summed E-state index contributed by atoms with van der Waals surface area (Å²) in [7, 11) is 0. The molecule has 2 rings (SSSR count). The molecule has 17 heavy (non-hydrogen) atoms. The van der Waals surface area contributed by atoms with E-state index in [2.05, 4.69) is 26.8 Å². The first-order valence-electron chi connectivity index (χ1n) is 6.31. The lowest BCUT2D eigenvalue weighted by Gasteiger charge is -2.41. The minimum absolute atomic E-state index is 0.143. The summed E-state index contributed by atoms with van der Waals surface area (Å²) in [6, 6.07) is 4.16. The molecule has 96 valence electrons. The normalized spacial score (nSPS) is 30.5. The minimum atomic E-state index is 0.143. The van der Waals surface area contributed by atoms with Crippen LogP contribution >= 0.6 is 34.5 Å². The van der Waals surface area contributed by atoms with E-state index in [1.54, 1.807) is 11.3 Å². The molecule has 0 N–H and O–H groups in total. The van der Waals surface area contributed by atoms with Crippen molar-refractivity contribution in [2.24, 2.45) is 11.8 Å². The first-order valence-corrected chi connectivity index (χ1v) is 7.94. The molecule has 0 radical (unpaired) electrons. The molecule has 1 saturated carbocycles. The van der Waals surface area contributed by atoms with E-state index in [-0.39, 0.29) is 5.41 Å². The van der Waals surface area contributed by atoms with Gasteiger partial charge < -0.3 is 0 Å². The van der Waals surface area contributed by atoms with E-state index in [9.17, 15) is 0 Å². The Balaban J connectivity index is 2.20. The smallest absolute Gasteiger partial charge is 0.0931 e. The lowest BCUT2D eigenvalue weighted by molar-refractivity contribution is 0.210. The van der Waals surface area contributed by atoms with Crippen molar-refractivity contribution in [1.29, 1.82) is 0 Å². The predicted molar refractivity (Wildman–Crippen MR) is 78.5 cm³/mol. The fourth-order valence-electron chi connectivity index (χ4n) is 2.97. The van der Waals surface area contributed by atoms with Crippen LogP contribution in [0.15, 0.2) is 12.1 Å². The van der Waals surface area contributed by atoms with Crippen molar-refractivity contribution in [2.45, 2.75) is 50.8 Å². The second kappa shape index (κ2) is 5.11. The second-order valence-electron chi connectivity index (χ2n) is 5.87. The van der Waals surface area contributed by atoms with Gasteiger partial charge in [-0.1, -0.05) is 38.8 Å². The molecule has 1 fully saturated rings. The summed E-state index contributed by atoms with van der Waals surface area (Å²) in [5.41, 5.74) is 0.143. The molecule has 3 heteroatoms. The molecule has 0 aromatic carbocycles. The van der Waals surface area contributed by atoms with Crippen LogP contribution in [0.3, 0.4) is 0 Å². The van der Waals surface area contributed by atoms with Crippen molar-refractivity contribution < 1.29 is 0 Å². The summed E-state index contributed by atoms with van der Waals surface area (Å²) >= 11 is 14.3. The predicted octanol–water partition coefficient (Wildman–Crippen LogP) is 5.72. The lowest BCUT2D eigenvalue weighted by Crippen LogP contribution is -2.38. The van der Waals surface area contributed by atoms with Crippen LogP contribution in [0.25, 0.3) is 0 Å². The van der Waals surface area contributed by atoms with Gasteiger partial charge in [0.05, 0.1) is 4.34 Å². The van der Waals surface area contributed by atoms with Crippen LogP contribution in [0.1, 0.15) is 44.9 Å². The Kier molecular flexibility index (Phi) is 4.12. The van der Waals surface area contributed by atoms with Crippen molar-refractivity contribution in [3.63, 3.8) is 0 Å². The highest BCUT2D eigenvalue weighted by Crippen LogP contribution is 2.46. The second-order valence-corrected chi connectivity index (χ2v) is 8.14. The zero-order chi connectivity index (χ0) is 12.6. The zero-order valence-corrected chi connectivity index (χ0v) is 13.0. The molecule has 1 aliphatic carbocycles. The summed E-state index contributed by atoms with van der Waals surface area (Å²) in [6.45, 7) is 6.93. The van der Waals surface area contributed by atoms with Gasteiger partial charge in [0.2, 0.25) is 0 Å². The molecule has 0 spiro atoms. The summed E-state index contributed by atoms with van der Waals surface area (Å²) in [4.78, 5) is 1.37. The molecule has 1 heterocycles. The van der Waals surface area contributed by atoms with Crippen LogP contribution in [-0.4, -0.2) is 5.38 Å². The number of hydrogen-bond donors (Lipinski definition) is 0. The van der Waals surface area contributed by atoms with E-state index in [0.29, 0.717) is 11.3 Å². The fourth-order valence-corrected chi connectivity index (χ4v) is 4.92. The molecule has 0 aliphatic heterocycles. The van der Waals surface area contributed by atoms with E-state index in [1.807, 2.05) is 6.07 Å². The monoisotopic (exact) mass is 290 g/mol. The van der Waals surface area contributed by atoms with Gasteiger partial charge in [0.1, 0.15) is 0 Å². The highest BCUT2D eigenvalue weighted by Gasteiger charge is 2.39. The van der Waals surface area contributed by atoms with Gasteiger partial charge in [0.15, 0.2) is 0 Å². The molecule has 0 bridgehead atoms. The SMILES string of the molecule is CC1CCC(C(C)(C)c2ccc(Cl)s2)C(Cl)C1. The molecule has 0 saturated heterocycles. The van der Waals surface area contributed by atoms with Crippen LogP contribution in [-0.2, 0) is 5.41 Å². The average Bonchev–Trinajstić information content (AvgIpc) is 2.64. The highest BCUT2D eigenvalue weighted by molar-refractivity contribution is 7.16. The van der Waals surface area contributed by atoms with Crippen molar-refractivity contribution >= 4 is 34.5 Å². The van der Waals surface area contributed by atoms with Crippen molar-refractivity contribution in [3.8, 4) is 0 Å². The summed E-state index contributed by atoms with van der Waals surface area (Å²) in [6.07, 6.45) is 3.68. The van der Waals surface area contributed by atoms with Gasteiger partial charge in [-0.3, -0.25) is 0 Å². The Hall–Kier alpha value is 0.280. The topological polar surface area (TPSA) is 0 Å². The number of halogens is 2. The molecule has 1 aromatic heterocycles. The Labute approximate surface area is 118 Å². The summed E-state index contributed by atoms with van der Waals surface area (Å²) < 4.78 is 0.878. The molecular weight excluding hydrogens is 271 g/mol. The van der Waals surface area contributed by atoms with Gasteiger partial charge in [-0.15, -0.1) is 22.9 Å². The van der Waals surface area contributed by atoms with Crippen molar-refractivity contribution in [2.75, 3.05) is 0 Å². The zero-order valence-electron chi connectivity index (χ0n) is 10.7. The molecule has 0 amide bonds. The maximum absolute atomic E-state index is 6.59. The summed E-state index contributed by atoms with van der Waals surface area (Å²) in [5, 5.41) is 0.301. The van der Waals surface area contributed by atoms with Gasteiger partial charge in [0, 0.05) is 15.7 Å². The van der Waals surface area contributed by atoms with Crippen LogP contribution in [0.5, 0.6) is 0 Å². The van der Waals surface area contributed by atoms with E-state index in [0.717, 1.165) is 16.7 Å². The fraction of sp³-hybridized carbons (Fsp3) is 0.714. The van der Waals surface area contributed by atoms with Gasteiger partial charge in [-0.25, -0.2) is 0 Å². The molecule has 3 unspecified atom stereocenters. The number of alkyl halides is 1. The van der Waals surface area contributed by atoms with Crippen LogP contribution in [0, 0.1) is 11.8 Å². The first-order chi connectivity index (χ1) is 7.91. The Bertz CT molecular complexity index is 383. The Morgan fingerprint density at radius 3 is 2.53 bits per heavy atom. The van der Waals surface area contributed by atoms with Gasteiger partial charge in [-0.05, 0) is 36.8 Å². The van der Waals surface area contributed by atoms with E-state index >= 15 is 0 Å². The molecule has 0 nitrogen and oxygen atoms in total. The van der Waals surface area contributed by atoms with Crippen LogP contribution in [0.4, 0.5) is 0 Å². The third-order valence-electron chi connectivity index (χ3n) is 4.17. The van der Waals surface area contributed by atoms with E-state index in [4.69, 9.17) is 23.2 Å². The number of rotatable bonds is 2. The van der Waals surface area contributed by atoms with Crippen molar-refractivity contribution in [1.82, 2.24) is 0 Å². The average molecular weight is 291 g/mol. The van der Waals surface area contributed by atoms with E-state index < -0.39 is 0 Å². The summed E-state index contributed by atoms with van der Waals surface area (Å²) in [5.74, 6) is 1.34. The third kappa shape index (κ3) is 2.83. The number of thiophene rings is 1. The molecule has 1 aromatic rings. The van der Waals surface area contributed by atoms with Gasteiger partial charge >= 0.3 is 0 Å². The standard InChI is InChI=1S/C14H20Cl2S/c1-9-4-5-10(11(15)8-9)14(2,3)12-6-7-13(16)17-12/h6-7,9-11H,4-5,8H2,1-3H3. The quantitative estimate of drug-likeness (QED) is 0.611. The highest BCUT2D eigenvalue weighted by atomic mass is 35.5. The minimum Gasteiger partial charge on any atom is -0.128 e. The Morgan fingerprint density at radius 2 is 2.00 bits per heavy atom. The maximum atomic E-state index is 6.59. The van der Waals surface area contributed by atoms with Crippen LogP contribution in [0.2, 0.25) is 4.34 Å².